The van der Waals surface area contributed by atoms with Gasteiger partial charge in [0.15, 0.2) is 0 Å². The van der Waals surface area contributed by atoms with E-state index in [0.29, 0.717) is 33.1 Å². The van der Waals surface area contributed by atoms with Gasteiger partial charge in [-0.15, -0.1) is 10.2 Å². The molecular formula is C22H16ClN3O2S. The van der Waals surface area contributed by atoms with Gasteiger partial charge in [-0.2, -0.15) is 0 Å². The Morgan fingerprint density at radius 1 is 0.966 bits per heavy atom. The fourth-order valence-corrected chi connectivity index (χ4v) is 3.49. The fraction of sp³-hybridized carbons (Fsp3) is 0.0455. The minimum atomic E-state index is -0.269. The van der Waals surface area contributed by atoms with E-state index < -0.39 is 0 Å². The highest BCUT2D eigenvalue weighted by molar-refractivity contribution is 7.18. The molecule has 4 rings (SSSR count). The second-order valence-corrected chi connectivity index (χ2v) is 7.59. The Morgan fingerprint density at radius 3 is 2.55 bits per heavy atom. The van der Waals surface area contributed by atoms with Crippen LogP contribution in [0.5, 0.6) is 5.75 Å². The van der Waals surface area contributed by atoms with Crippen LogP contribution in [0.25, 0.3) is 10.6 Å². The first-order valence-corrected chi connectivity index (χ1v) is 10.0. The van der Waals surface area contributed by atoms with Gasteiger partial charge in [-0.25, -0.2) is 0 Å². The lowest BCUT2D eigenvalue weighted by Gasteiger charge is -2.08. The van der Waals surface area contributed by atoms with E-state index in [1.165, 1.54) is 11.3 Å². The Labute approximate surface area is 177 Å². The third-order valence-corrected chi connectivity index (χ3v) is 5.22. The van der Waals surface area contributed by atoms with Crippen molar-refractivity contribution in [2.75, 3.05) is 5.32 Å². The first-order chi connectivity index (χ1) is 14.2. The Balaban J connectivity index is 1.41. The van der Waals surface area contributed by atoms with Crippen LogP contribution < -0.4 is 10.1 Å². The van der Waals surface area contributed by atoms with E-state index in [-0.39, 0.29) is 5.91 Å². The van der Waals surface area contributed by atoms with E-state index in [2.05, 4.69) is 15.5 Å². The van der Waals surface area contributed by atoms with Crippen LogP contribution >= 0.6 is 22.9 Å². The van der Waals surface area contributed by atoms with E-state index in [1.54, 1.807) is 30.3 Å². The minimum absolute atomic E-state index is 0.269. The minimum Gasteiger partial charge on any atom is -0.489 e. The molecule has 0 aliphatic carbocycles. The summed E-state index contributed by atoms with van der Waals surface area (Å²) < 4.78 is 5.79. The van der Waals surface area contributed by atoms with Gasteiger partial charge in [0.05, 0.1) is 0 Å². The van der Waals surface area contributed by atoms with Crippen LogP contribution in [0.3, 0.4) is 0 Å². The number of ether oxygens (including phenoxy) is 1. The Morgan fingerprint density at radius 2 is 1.76 bits per heavy atom. The van der Waals surface area contributed by atoms with Crippen LogP contribution in [0, 0.1) is 0 Å². The van der Waals surface area contributed by atoms with Crippen molar-refractivity contribution in [3.63, 3.8) is 0 Å². The first-order valence-electron chi connectivity index (χ1n) is 8.85. The van der Waals surface area contributed by atoms with E-state index in [4.69, 9.17) is 16.3 Å². The van der Waals surface area contributed by atoms with Crippen LogP contribution in [-0.4, -0.2) is 16.1 Å². The van der Waals surface area contributed by atoms with Gasteiger partial charge in [-0.3, -0.25) is 10.1 Å². The van der Waals surface area contributed by atoms with Crippen molar-refractivity contribution < 1.29 is 9.53 Å². The normalized spacial score (nSPS) is 10.5. The van der Waals surface area contributed by atoms with E-state index >= 15 is 0 Å². The lowest BCUT2D eigenvalue weighted by Crippen LogP contribution is -2.11. The summed E-state index contributed by atoms with van der Waals surface area (Å²) in [5.74, 6) is 0.356. The number of carbonyl (C=O) groups is 1. The molecule has 1 amide bonds. The zero-order chi connectivity index (χ0) is 20.1. The summed E-state index contributed by atoms with van der Waals surface area (Å²) in [5.41, 5.74) is 2.44. The van der Waals surface area contributed by atoms with Crippen molar-refractivity contribution in [3.8, 4) is 16.3 Å². The van der Waals surface area contributed by atoms with Gasteiger partial charge < -0.3 is 4.74 Å². The molecule has 3 aromatic carbocycles. The summed E-state index contributed by atoms with van der Waals surface area (Å²) >= 11 is 7.21. The van der Waals surface area contributed by atoms with Gasteiger partial charge in [0.25, 0.3) is 5.91 Å². The van der Waals surface area contributed by atoms with Crippen molar-refractivity contribution in [3.05, 3.63) is 95.0 Å². The predicted molar refractivity (Wildman–Crippen MR) is 116 cm³/mol. The number of halogens is 1. The van der Waals surface area contributed by atoms with Crippen molar-refractivity contribution >= 4 is 34.0 Å². The van der Waals surface area contributed by atoms with Crippen LogP contribution in [0.1, 0.15) is 15.9 Å². The molecule has 0 fully saturated rings. The van der Waals surface area contributed by atoms with Gasteiger partial charge in [0.1, 0.15) is 17.4 Å². The second kappa shape index (κ2) is 8.86. The number of hydrogen-bond acceptors (Lipinski definition) is 5. The summed E-state index contributed by atoms with van der Waals surface area (Å²) in [6.45, 7) is 0.437. The summed E-state index contributed by atoms with van der Waals surface area (Å²) in [6, 6.07) is 24.2. The third-order valence-electron chi connectivity index (χ3n) is 4.08. The summed E-state index contributed by atoms with van der Waals surface area (Å²) in [6.07, 6.45) is 0. The summed E-state index contributed by atoms with van der Waals surface area (Å²) in [7, 11) is 0. The topological polar surface area (TPSA) is 64.1 Å². The number of amides is 1. The summed E-state index contributed by atoms with van der Waals surface area (Å²) in [5, 5.41) is 12.8. The molecule has 0 aliphatic rings. The van der Waals surface area contributed by atoms with E-state index in [1.807, 2.05) is 48.5 Å². The third kappa shape index (κ3) is 4.99. The highest BCUT2D eigenvalue weighted by atomic mass is 35.5. The molecule has 0 saturated heterocycles. The van der Waals surface area contributed by atoms with Crippen LogP contribution in [0.4, 0.5) is 5.13 Å². The number of rotatable bonds is 6. The number of nitrogens with one attached hydrogen (secondary N) is 1. The average Bonchev–Trinajstić information content (AvgIpc) is 3.22. The van der Waals surface area contributed by atoms with Gasteiger partial charge in [-0.05, 0) is 35.9 Å². The number of aromatic nitrogens is 2. The molecule has 4 aromatic rings. The van der Waals surface area contributed by atoms with E-state index in [0.717, 1.165) is 11.1 Å². The van der Waals surface area contributed by atoms with E-state index in [9.17, 15) is 4.79 Å². The molecule has 1 N–H and O–H groups in total. The Hall–Kier alpha value is -3.22. The fourth-order valence-electron chi connectivity index (χ4n) is 2.62. The maximum Gasteiger partial charge on any atom is 0.257 e. The zero-order valence-electron chi connectivity index (χ0n) is 15.2. The number of nitrogens with zero attached hydrogens (tertiary/aromatic N) is 2. The van der Waals surface area contributed by atoms with Gasteiger partial charge >= 0.3 is 0 Å². The molecule has 0 radical (unpaired) electrons. The van der Waals surface area contributed by atoms with Crippen molar-refractivity contribution in [1.29, 1.82) is 0 Å². The SMILES string of the molecule is O=C(Nc1nnc(-c2ccc(Cl)cc2)s1)c1cccc(OCc2ccccc2)c1. The summed E-state index contributed by atoms with van der Waals surface area (Å²) in [4.78, 5) is 12.6. The number of hydrogen-bond donors (Lipinski definition) is 1. The molecule has 0 unspecified atom stereocenters. The highest BCUT2D eigenvalue weighted by Gasteiger charge is 2.12. The zero-order valence-corrected chi connectivity index (χ0v) is 16.8. The van der Waals surface area contributed by atoms with Crippen LogP contribution in [0.15, 0.2) is 78.9 Å². The lowest BCUT2D eigenvalue weighted by molar-refractivity contribution is 0.102. The molecule has 1 heterocycles. The Kier molecular flexibility index (Phi) is 5.84. The number of benzene rings is 3. The predicted octanol–water partition coefficient (Wildman–Crippen LogP) is 5.69. The van der Waals surface area contributed by atoms with Crippen molar-refractivity contribution in [2.24, 2.45) is 0 Å². The lowest BCUT2D eigenvalue weighted by atomic mass is 10.2. The van der Waals surface area contributed by atoms with Gasteiger partial charge in [0.2, 0.25) is 5.13 Å². The molecule has 0 saturated carbocycles. The molecule has 0 atom stereocenters. The van der Waals surface area contributed by atoms with Gasteiger partial charge in [-0.1, -0.05) is 71.5 Å². The quantitative estimate of drug-likeness (QED) is 0.434. The standard InChI is InChI=1S/C22H16ClN3O2S/c23-18-11-9-16(10-12-18)21-25-26-22(29-21)24-20(27)17-7-4-8-19(13-17)28-14-15-5-2-1-3-6-15/h1-13H,14H2,(H,24,26,27). The number of carbonyl (C=O) groups excluding carboxylic acids is 1. The van der Waals surface area contributed by atoms with Crippen molar-refractivity contribution in [1.82, 2.24) is 10.2 Å². The smallest absolute Gasteiger partial charge is 0.257 e. The number of anilines is 1. The molecule has 0 bridgehead atoms. The second-order valence-electron chi connectivity index (χ2n) is 6.18. The van der Waals surface area contributed by atoms with Gasteiger partial charge in [0, 0.05) is 16.1 Å². The largest absolute Gasteiger partial charge is 0.489 e. The molecule has 29 heavy (non-hydrogen) atoms. The maximum absolute atomic E-state index is 12.6. The molecule has 5 nitrogen and oxygen atoms in total. The van der Waals surface area contributed by atoms with Crippen LogP contribution in [-0.2, 0) is 6.61 Å². The molecular weight excluding hydrogens is 406 g/mol. The monoisotopic (exact) mass is 421 g/mol. The Bertz CT molecular complexity index is 1110. The molecule has 144 valence electrons. The molecule has 7 heteroatoms. The van der Waals surface area contributed by atoms with Crippen LogP contribution in [0.2, 0.25) is 5.02 Å². The van der Waals surface area contributed by atoms with Crippen molar-refractivity contribution in [2.45, 2.75) is 6.61 Å². The maximum atomic E-state index is 12.6. The average molecular weight is 422 g/mol. The molecule has 0 spiro atoms. The molecule has 0 aliphatic heterocycles. The first kappa shape index (κ1) is 19.1. The highest BCUT2D eigenvalue weighted by Crippen LogP contribution is 2.27. The molecule has 1 aromatic heterocycles.